The molecule has 0 bridgehead atoms. The van der Waals surface area contributed by atoms with E-state index in [0.717, 1.165) is 5.56 Å². The van der Waals surface area contributed by atoms with Crippen LogP contribution in [-0.4, -0.2) is 15.9 Å². The molecule has 0 saturated heterocycles. The van der Waals surface area contributed by atoms with Gasteiger partial charge in [0.15, 0.2) is 0 Å². The van der Waals surface area contributed by atoms with Gasteiger partial charge < -0.3 is 0 Å². The van der Waals surface area contributed by atoms with E-state index in [1.165, 1.54) is 12.3 Å². The number of nitrogens with zero attached hydrogens (tertiary/aromatic N) is 2. The van der Waals surface area contributed by atoms with Crippen LogP contribution in [0.25, 0.3) is 0 Å². The minimum Gasteiger partial charge on any atom is -0.290 e. The van der Waals surface area contributed by atoms with Crippen LogP contribution >= 0.6 is 23.2 Å². The van der Waals surface area contributed by atoms with Crippen LogP contribution in [0.1, 0.15) is 15.9 Å². The molecule has 0 aliphatic heterocycles. The lowest BCUT2D eigenvalue weighted by atomic mass is 10.1. The predicted octanol–water partition coefficient (Wildman–Crippen LogP) is 3.34. The lowest BCUT2D eigenvalue weighted by molar-refractivity contribution is 0.102. The zero-order valence-electron chi connectivity index (χ0n) is 9.45. The maximum absolute atomic E-state index is 11.9. The first-order chi connectivity index (χ1) is 8.56. The summed E-state index contributed by atoms with van der Waals surface area (Å²) in [6.07, 6.45) is 1.47. The second kappa shape index (κ2) is 5.33. The van der Waals surface area contributed by atoms with E-state index in [2.05, 4.69) is 15.3 Å². The number of amides is 1. The zero-order chi connectivity index (χ0) is 13.1. The molecule has 1 heterocycles. The van der Waals surface area contributed by atoms with Gasteiger partial charge in [-0.05, 0) is 30.7 Å². The van der Waals surface area contributed by atoms with Gasteiger partial charge in [0.1, 0.15) is 5.15 Å². The minimum absolute atomic E-state index is 0.157. The summed E-state index contributed by atoms with van der Waals surface area (Å²) in [4.78, 5) is 19.6. The van der Waals surface area contributed by atoms with Gasteiger partial charge in [-0.3, -0.25) is 10.1 Å². The summed E-state index contributed by atoms with van der Waals surface area (Å²) in [5.74, 6) is -0.177. The van der Waals surface area contributed by atoms with Crippen LogP contribution < -0.4 is 5.32 Å². The molecule has 1 aromatic heterocycles. The van der Waals surface area contributed by atoms with E-state index in [1.54, 1.807) is 18.2 Å². The quantitative estimate of drug-likeness (QED) is 0.859. The fourth-order valence-electron chi connectivity index (χ4n) is 1.30. The van der Waals surface area contributed by atoms with Crippen LogP contribution in [0.5, 0.6) is 0 Å². The normalized spacial score (nSPS) is 10.2. The number of halogens is 2. The summed E-state index contributed by atoms with van der Waals surface area (Å²) in [6.45, 7) is 1.87. The minimum atomic E-state index is -0.334. The summed E-state index contributed by atoms with van der Waals surface area (Å²) in [6, 6.07) is 6.58. The number of rotatable bonds is 2. The Balaban J connectivity index is 2.19. The molecule has 0 unspecified atom stereocenters. The van der Waals surface area contributed by atoms with Crippen molar-refractivity contribution in [3.05, 3.63) is 51.8 Å². The molecule has 0 spiro atoms. The van der Waals surface area contributed by atoms with Crippen molar-refractivity contribution in [2.45, 2.75) is 6.92 Å². The maximum Gasteiger partial charge on any atom is 0.258 e. The molecule has 4 nitrogen and oxygen atoms in total. The summed E-state index contributed by atoms with van der Waals surface area (Å²) in [5.41, 5.74) is 1.35. The summed E-state index contributed by atoms with van der Waals surface area (Å²) >= 11 is 11.7. The number of aromatic nitrogens is 2. The summed E-state index contributed by atoms with van der Waals surface area (Å²) in [7, 11) is 0. The fraction of sp³-hybridized carbons (Fsp3) is 0.0833. The Morgan fingerprint density at radius 1 is 1.28 bits per heavy atom. The molecular formula is C12H9Cl2N3O. The lowest BCUT2D eigenvalue weighted by Gasteiger charge is -2.05. The Morgan fingerprint density at radius 2 is 2.06 bits per heavy atom. The number of aryl methyl sites for hydroxylation is 1. The Morgan fingerprint density at radius 3 is 2.72 bits per heavy atom. The van der Waals surface area contributed by atoms with Gasteiger partial charge in [-0.1, -0.05) is 29.3 Å². The third kappa shape index (κ3) is 2.97. The van der Waals surface area contributed by atoms with E-state index in [9.17, 15) is 4.79 Å². The van der Waals surface area contributed by atoms with Crippen molar-refractivity contribution < 1.29 is 4.79 Å². The number of hydrogen-bond acceptors (Lipinski definition) is 3. The molecule has 18 heavy (non-hydrogen) atoms. The van der Waals surface area contributed by atoms with Crippen LogP contribution in [0.3, 0.4) is 0 Å². The molecule has 0 atom stereocenters. The first-order valence-electron chi connectivity index (χ1n) is 5.12. The molecule has 1 aromatic carbocycles. The van der Waals surface area contributed by atoms with Crippen molar-refractivity contribution in [3.63, 3.8) is 0 Å². The van der Waals surface area contributed by atoms with E-state index in [4.69, 9.17) is 23.2 Å². The second-order valence-corrected chi connectivity index (χ2v) is 4.42. The van der Waals surface area contributed by atoms with Gasteiger partial charge in [-0.15, -0.1) is 0 Å². The monoisotopic (exact) mass is 281 g/mol. The molecule has 0 aliphatic carbocycles. The number of hydrogen-bond donors (Lipinski definition) is 1. The average molecular weight is 282 g/mol. The smallest absolute Gasteiger partial charge is 0.258 e. The van der Waals surface area contributed by atoms with Crippen LogP contribution in [-0.2, 0) is 0 Å². The van der Waals surface area contributed by atoms with E-state index in [1.807, 2.05) is 6.92 Å². The van der Waals surface area contributed by atoms with Gasteiger partial charge in [-0.2, -0.15) is 0 Å². The molecular weight excluding hydrogens is 273 g/mol. The Kier molecular flexibility index (Phi) is 3.79. The van der Waals surface area contributed by atoms with Gasteiger partial charge in [-0.25, -0.2) is 9.97 Å². The highest BCUT2D eigenvalue weighted by Gasteiger charge is 2.09. The molecule has 0 saturated carbocycles. The fourth-order valence-corrected chi connectivity index (χ4v) is 1.62. The number of anilines is 1. The summed E-state index contributed by atoms with van der Waals surface area (Å²) in [5, 5.41) is 3.34. The van der Waals surface area contributed by atoms with E-state index >= 15 is 0 Å². The van der Waals surface area contributed by atoms with Crippen molar-refractivity contribution in [2.24, 2.45) is 0 Å². The molecule has 0 fully saturated rings. The number of carbonyl (C=O) groups is 1. The van der Waals surface area contributed by atoms with Crippen molar-refractivity contribution in [2.75, 3.05) is 5.32 Å². The first kappa shape index (κ1) is 12.8. The molecule has 2 rings (SSSR count). The van der Waals surface area contributed by atoms with Crippen molar-refractivity contribution in [3.8, 4) is 0 Å². The van der Waals surface area contributed by atoms with Gasteiger partial charge in [0.2, 0.25) is 5.95 Å². The van der Waals surface area contributed by atoms with Crippen LogP contribution in [0.4, 0.5) is 5.95 Å². The Bertz CT molecular complexity index is 602. The topological polar surface area (TPSA) is 54.9 Å². The Labute approximate surface area is 114 Å². The lowest BCUT2D eigenvalue weighted by Crippen LogP contribution is -2.14. The van der Waals surface area contributed by atoms with Gasteiger partial charge in [0.25, 0.3) is 5.91 Å². The summed E-state index contributed by atoms with van der Waals surface area (Å²) < 4.78 is 0. The largest absolute Gasteiger partial charge is 0.290 e. The predicted molar refractivity (Wildman–Crippen MR) is 71.2 cm³/mol. The van der Waals surface area contributed by atoms with Crippen molar-refractivity contribution in [1.82, 2.24) is 9.97 Å². The molecule has 6 heteroatoms. The molecule has 0 radical (unpaired) electrons. The average Bonchev–Trinajstić information content (AvgIpc) is 2.32. The highest BCUT2D eigenvalue weighted by Crippen LogP contribution is 2.17. The number of benzene rings is 1. The third-order valence-corrected chi connectivity index (χ3v) is 2.90. The SMILES string of the molecule is Cc1ccc(C(=O)Nc2nccc(Cl)n2)cc1Cl. The standard InChI is InChI=1S/C12H9Cl2N3O/c1-7-2-3-8(6-9(7)13)11(18)17-12-15-5-4-10(14)16-12/h2-6H,1H3,(H,15,16,17,18). The maximum atomic E-state index is 11.9. The van der Waals surface area contributed by atoms with Crippen LogP contribution in [0.2, 0.25) is 10.2 Å². The van der Waals surface area contributed by atoms with E-state index in [-0.39, 0.29) is 17.0 Å². The molecule has 1 N–H and O–H groups in total. The van der Waals surface area contributed by atoms with Crippen LogP contribution in [0, 0.1) is 6.92 Å². The first-order valence-corrected chi connectivity index (χ1v) is 5.88. The van der Waals surface area contributed by atoms with E-state index < -0.39 is 0 Å². The number of carbonyl (C=O) groups excluding carboxylic acids is 1. The van der Waals surface area contributed by atoms with Gasteiger partial charge >= 0.3 is 0 Å². The molecule has 2 aromatic rings. The van der Waals surface area contributed by atoms with Crippen molar-refractivity contribution >= 4 is 35.1 Å². The van der Waals surface area contributed by atoms with Gasteiger partial charge in [0, 0.05) is 16.8 Å². The molecule has 92 valence electrons. The van der Waals surface area contributed by atoms with Crippen molar-refractivity contribution in [1.29, 1.82) is 0 Å². The molecule has 1 amide bonds. The van der Waals surface area contributed by atoms with Gasteiger partial charge in [0.05, 0.1) is 0 Å². The Hall–Kier alpha value is -1.65. The molecule has 0 aliphatic rings. The zero-order valence-corrected chi connectivity index (χ0v) is 11.0. The highest BCUT2D eigenvalue weighted by molar-refractivity contribution is 6.31. The second-order valence-electron chi connectivity index (χ2n) is 3.62. The number of nitrogens with one attached hydrogen (secondary N) is 1. The van der Waals surface area contributed by atoms with E-state index in [0.29, 0.717) is 10.6 Å². The highest BCUT2D eigenvalue weighted by atomic mass is 35.5. The van der Waals surface area contributed by atoms with Crippen LogP contribution in [0.15, 0.2) is 30.5 Å². The third-order valence-electron chi connectivity index (χ3n) is 2.28.